The SMILES string of the molecule is COc1ccc(C[NH+]2CC[NH+](CC(=O)NCCCSc3ccccc3)CC2)cc1. The number of hydrogen-bond acceptors (Lipinski definition) is 3. The van der Waals surface area contributed by atoms with Crippen LogP contribution in [0.1, 0.15) is 12.0 Å². The molecule has 2 aromatic carbocycles. The van der Waals surface area contributed by atoms with Gasteiger partial charge in [0.25, 0.3) is 5.91 Å². The van der Waals surface area contributed by atoms with Crippen molar-refractivity contribution in [3.05, 3.63) is 60.2 Å². The Bertz CT molecular complexity index is 732. The highest BCUT2D eigenvalue weighted by atomic mass is 32.2. The van der Waals surface area contributed by atoms with Gasteiger partial charge in [-0.2, -0.15) is 0 Å². The Kier molecular flexibility index (Phi) is 8.86. The lowest BCUT2D eigenvalue weighted by Gasteiger charge is -2.29. The Morgan fingerprint density at radius 1 is 1.00 bits per heavy atom. The molecule has 1 heterocycles. The van der Waals surface area contributed by atoms with E-state index in [1.807, 2.05) is 30.0 Å². The lowest BCUT2D eigenvalue weighted by atomic mass is 10.2. The van der Waals surface area contributed by atoms with E-state index < -0.39 is 0 Å². The van der Waals surface area contributed by atoms with E-state index in [1.165, 1.54) is 15.4 Å². The summed E-state index contributed by atoms with van der Waals surface area (Å²) in [7, 11) is 1.70. The molecule has 0 spiro atoms. The number of methoxy groups -OCH3 is 1. The molecule has 0 atom stereocenters. The van der Waals surface area contributed by atoms with Crippen LogP contribution >= 0.6 is 11.8 Å². The van der Waals surface area contributed by atoms with Crippen LogP contribution in [0.15, 0.2) is 59.5 Å². The predicted octanol–water partition coefficient (Wildman–Crippen LogP) is 0.277. The summed E-state index contributed by atoms with van der Waals surface area (Å²) in [5.74, 6) is 2.12. The number of nitrogens with one attached hydrogen (secondary N) is 3. The first kappa shape index (κ1) is 21.7. The molecular formula is C23H33N3O2S+2. The van der Waals surface area contributed by atoms with Gasteiger partial charge in [0.1, 0.15) is 38.5 Å². The van der Waals surface area contributed by atoms with E-state index in [-0.39, 0.29) is 5.91 Å². The molecule has 0 aromatic heterocycles. The van der Waals surface area contributed by atoms with Gasteiger partial charge in [-0.15, -0.1) is 11.8 Å². The molecule has 1 fully saturated rings. The summed E-state index contributed by atoms with van der Waals surface area (Å²) in [6.07, 6.45) is 1.00. The zero-order chi connectivity index (χ0) is 20.3. The molecular weight excluding hydrogens is 382 g/mol. The summed E-state index contributed by atoms with van der Waals surface area (Å²) in [4.78, 5) is 16.5. The third-order valence-corrected chi connectivity index (χ3v) is 6.44. The van der Waals surface area contributed by atoms with Gasteiger partial charge in [-0.25, -0.2) is 0 Å². The van der Waals surface area contributed by atoms with Gasteiger partial charge < -0.3 is 19.9 Å². The molecule has 5 nitrogen and oxygen atoms in total. The van der Waals surface area contributed by atoms with Crippen molar-refractivity contribution in [3.63, 3.8) is 0 Å². The topological polar surface area (TPSA) is 47.2 Å². The molecule has 1 amide bonds. The number of piperazine rings is 1. The zero-order valence-electron chi connectivity index (χ0n) is 17.3. The van der Waals surface area contributed by atoms with Gasteiger partial charge in [0.2, 0.25) is 0 Å². The molecule has 2 aromatic rings. The number of ether oxygens (including phenoxy) is 1. The van der Waals surface area contributed by atoms with Crippen LogP contribution in [0.25, 0.3) is 0 Å². The van der Waals surface area contributed by atoms with E-state index in [9.17, 15) is 4.79 Å². The van der Waals surface area contributed by atoms with Crippen LogP contribution in [0, 0.1) is 0 Å². The number of quaternary nitrogens is 2. The standard InChI is InChI=1S/C23H31N3O2S/c1-28-21-10-8-20(9-11-21)18-25-13-15-26(16-14-25)19-23(27)24-12-5-17-29-22-6-3-2-4-7-22/h2-4,6-11H,5,12-19H2,1H3,(H,24,27)/p+2. The third kappa shape index (κ3) is 7.72. The highest BCUT2D eigenvalue weighted by Crippen LogP contribution is 2.17. The van der Waals surface area contributed by atoms with E-state index >= 15 is 0 Å². The first-order valence-corrected chi connectivity index (χ1v) is 11.5. The Labute approximate surface area is 178 Å². The molecule has 156 valence electrons. The number of rotatable bonds is 10. The minimum Gasteiger partial charge on any atom is -0.497 e. The van der Waals surface area contributed by atoms with Gasteiger partial charge in [0.05, 0.1) is 7.11 Å². The Hall–Kier alpha value is -2.02. The molecule has 3 N–H and O–H groups in total. The van der Waals surface area contributed by atoms with Crippen molar-refractivity contribution >= 4 is 17.7 Å². The smallest absolute Gasteiger partial charge is 0.275 e. The molecule has 0 bridgehead atoms. The quantitative estimate of drug-likeness (QED) is 0.386. The molecule has 0 radical (unpaired) electrons. The molecule has 6 heteroatoms. The van der Waals surface area contributed by atoms with Crippen LogP contribution in [-0.4, -0.2) is 58.0 Å². The first-order chi connectivity index (χ1) is 14.2. The molecule has 1 saturated heterocycles. The zero-order valence-corrected chi connectivity index (χ0v) is 18.1. The number of amides is 1. The van der Waals surface area contributed by atoms with E-state index in [0.29, 0.717) is 6.54 Å². The van der Waals surface area contributed by atoms with Gasteiger partial charge >= 0.3 is 0 Å². The highest BCUT2D eigenvalue weighted by Gasteiger charge is 2.24. The van der Waals surface area contributed by atoms with E-state index in [2.05, 4.69) is 41.7 Å². The summed E-state index contributed by atoms with van der Waals surface area (Å²) >= 11 is 1.84. The van der Waals surface area contributed by atoms with E-state index in [0.717, 1.165) is 57.2 Å². The Morgan fingerprint density at radius 2 is 1.69 bits per heavy atom. The average Bonchev–Trinajstić information content (AvgIpc) is 2.76. The first-order valence-electron chi connectivity index (χ1n) is 10.5. The monoisotopic (exact) mass is 415 g/mol. The number of carbonyl (C=O) groups is 1. The largest absolute Gasteiger partial charge is 0.497 e. The van der Waals surface area contributed by atoms with Gasteiger partial charge in [-0.05, 0) is 48.6 Å². The molecule has 3 rings (SSSR count). The third-order valence-electron chi connectivity index (χ3n) is 5.34. The molecule has 1 aliphatic rings. The van der Waals surface area contributed by atoms with Gasteiger partial charge in [0, 0.05) is 17.0 Å². The summed E-state index contributed by atoms with van der Waals surface area (Å²) in [6.45, 7) is 6.75. The molecule has 29 heavy (non-hydrogen) atoms. The minimum absolute atomic E-state index is 0.184. The molecule has 1 aliphatic heterocycles. The normalized spacial score (nSPS) is 18.9. The lowest BCUT2D eigenvalue weighted by Crippen LogP contribution is -3.28. The number of carbonyl (C=O) groups excluding carboxylic acids is 1. The van der Waals surface area contributed by atoms with Crippen LogP contribution in [0.5, 0.6) is 5.75 Å². The minimum atomic E-state index is 0.184. The van der Waals surface area contributed by atoms with Gasteiger partial charge in [-0.1, -0.05) is 18.2 Å². The summed E-state index contributed by atoms with van der Waals surface area (Å²) < 4.78 is 5.22. The fourth-order valence-corrected chi connectivity index (χ4v) is 4.51. The lowest BCUT2D eigenvalue weighted by molar-refractivity contribution is -1.02. The van der Waals surface area contributed by atoms with E-state index in [1.54, 1.807) is 12.0 Å². The fraction of sp³-hybridized carbons (Fsp3) is 0.435. The second kappa shape index (κ2) is 11.9. The molecule has 0 aliphatic carbocycles. The number of thioether (sulfide) groups is 1. The second-order valence-electron chi connectivity index (χ2n) is 7.57. The summed E-state index contributed by atoms with van der Waals surface area (Å²) in [5, 5.41) is 3.09. The van der Waals surface area contributed by atoms with Crippen molar-refractivity contribution in [3.8, 4) is 5.75 Å². The Morgan fingerprint density at radius 3 is 2.38 bits per heavy atom. The second-order valence-corrected chi connectivity index (χ2v) is 8.73. The van der Waals surface area contributed by atoms with Crippen LogP contribution in [-0.2, 0) is 11.3 Å². The number of benzene rings is 2. The van der Waals surface area contributed by atoms with Crippen LogP contribution < -0.4 is 19.9 Å². The molecule has 0 unspecified atom stereocenters. The molecule has 0 saturated carbocycles. The fourth-order valence-electron chi connectivity index (χ4n) is 3.64. The van der Waals surface area contributed by atoms with Gasteiger partial charge in [-0.3, -0.25) is 4.79 Å². The van der Waals surface area contributed by atoms with E-state index in [4.69, 9.17) is 4.74 Å². The maximum Gasteiger partial charge on any atom is 0.275 e. The predicted molar refractivity (Wildman–Crippen MR) is 118 cm³/mol. The summed E-state index contributed by atoms with van der Waals surface area (Å²) in [6, 6.07) is 18.8. The Balaban J connectivity index is 1.26. The number of hydrogen-bond donors (Lipinski definition) is 3. The van der Waals surface area contributed by atoms with Crippen molar-refractivity contribution in [2.45, 2.75) is 17.9 Å². The van der Waals surface area contributed by atoms with Crippen molar-refractivity contribution in [1.82, 2.24) is 5.32 Å². The van der Waals surface area contributed by atoms with Crippen molar-refractivity contribution in [2.75, 3.05) is 52.1 Å². The van der Waals surface area contributed by atoms with Crippen LogP contribution in [0.3, 0.4) is 0 Å². The van der Waals surface area contributed by atoms with Crippen molar-refractivity contribution in [2.24, 2.45) is 0 Å². The van der Waals surface area contributed by atoms with Crippen LogP contribution in [0.2, 0.25) is 0 Å². The average molecular weight is 416 g/mol. The maximum atomic E-state index is 12.2. The van der Waals surface area contributed by atoms with Crippen LogP contribution in [0.4, 0.5) is 0 Å². The summed E-state index contributed by atoms with van der Waals surface area (Å²) in [5.41, 5.74) is 1.34. The van der Waals surface area contributed by atoms with Crippen molar-refractivity contribution < 1.29 is 19.3 Å². The highest BCUT2D eigenvalue weighted by molar-refractivity contribution is 7.99. The van der Waals surface area contributed by atoms with Gasteiger partial charge in [0.15, 0.2) is 6.54 Å². The maximum absolute atomic E-state index is 12.2. The van der Waals surface area contributed by atoms with Crippen molar-refractivity contribution in [1.29, 1.82) is 0 Å².